The highest BCUT2D eigenvalue weighted by Gasteiger charge is 2.45. The van der Waals surface area contributed by atoms with Crippen molar-refractivity contribution in [2.24, 2.45) is 5.92 Å². The fraction of sp³-hybridized carbons (Fsp3) is 1.00. The van der Waals surface area contributed by atoms with Crippen molar-refractivity contribution >= 4 is 0 Å². The molecule has 0 bridgehead atoms. The molecule has 1 aliphatic heterocycles. The fourth-order valence-electron chi connectivity index (χ4n) is 2.74. The van der Waals surface area contributed by atoms with E-state index in [9.17, 15) is 5.11 Å². The second-order valence-electron chi connectivity index (χ2n) is 5.26. The Hall–Kier alpha value is -0.160. The third kappa shape index (κ3) is 2.56. The molecule has 1 saturated carbocycles. The summed E-state index contributed by atoms with van der Waals surface area (Å²) in [6.07, 6.45) is 2.82. The van der Waals surface area contributed by atoms with Crippen LogP contribution >= 0.6 is 0 Å². The van der Waals surface area contributed by atoms with Gasteiger partial charge in [0.25, 0.3) is 0 Å². The second kappa shape index (κ2) is 5.00. The smallest absolute Gasteiger partial charge is 0.0674 e. The van der Waals surface area contributed by atoms with Gasteiger partial charge < -0.3 is 15.2 Å². The van der Waals surface area contributed by atoms with E-state index < -0.39 is 0 Å². The SMILES string of the molecule is CNC(CO)(CN1CCOC(C)C1)C1CC1. The predicted octanol–water partition coefficient (Wildman–Crippen LogP) is 0.0676. The van der Waals surface area contributed by atoms with Crippen molar-refractivity contribution in [2.75, 3.05) is 39.9 Å². The molecule has 1 aliphatic carbocycles. The molecule has 4 heteroatoms. The number of ether oxygens (including phenoxy) is 1. The summed E-state index contributed by atoms with van der Waals surface area (Å²) in [5.41, 5.74) is -0.0862. The van der Waals surface area contributed by atoms with Crippen LogP contribution in [-0.4, -0.2) is 61.5 Å². The van der Waals surface area contributed by atoms with Crippen molar-refractivity contribution in [3.63, 3.8) is 0 Å². The van der Waals surface area contributed by atoms with Crippen LogP contribution in [-0.2, 0) is 4.74 Å². The molecular weight excluding hydrogens is 204 g/mol. The lowest BCUT2D eigenvalue weighted by Crippen LogP contribution is -2.58. The molecule has 2 aliphatic rings. The molecule has 0 amide bonds. The zero-order valence-corrected chi connectivity index (χ0v) is 10.4. The van der Waals surface area contributed by atoms with Crippen LogP contribution in [0.5, 0.6) is 0 Å². The number of hydrogen-bond acceptors (Lipinski definition) is 4. The molecule has 2 atom stereocenters. The average Bonchev–Trinajstić information content (AvgIpc) is 3.10. The highest BCUT2D eigenvalue weighted by molar-refractivity contribution is 5.02. The van der Waals surface area contributed by atoms with E-state index in [0.717, 1.165) is 26.2 Å². The van der Waals surface area contributed by atoms with E-state index >= 15 is 0 Å². The Morgan fingerprint density at radius 2 is 2.25 bits per heavy atom. The van der Waals surface area contributed by atoms with Crippen molar-refractivity contribution < 1.29 is 9.84 Å². The number of nitrogens with zero attached hydrogens (tertiary/aromatic N) is 1. The standard InChI is InChI=1S/C12H24N2O2/c1-10-7-14(5-6-16-10)8-12(9-15,13-2)11-3-4-11/h10-11,13,15H,3-9H2,1-2H3. The quantitative estimate of drug-likeness (QED) is 0.699. The molecule has 0 aromatic heterocycles. The largest absolute Gasteiger partial charge is 0.394 e. The van der Waals surface area contributed by atoms with Crippen LogP contribution in [0.15, 0.2) is 0 Å². The van der Waals surface area contributed by atoms with Gasteiger partial charge in [-0.3, -0.25) is 4.90 Å². The lowest BCUT2D eigenvalue weighted by molar-refractivity contribution is -0.0336. The molecule has 2 fully saturated rings. The van der Waals surface area contributed by atoms with Gasteiger partial charge in [-0.05, 0) is 32.7 Å². The van der Waals surface area contributed by atoms with Crippen LogP contribution in [0.1, 0.15) is 19.8 Å². The number of likely N-dealkylation sites (N-methyl/N-ethyl adjacent to an activating group) is 1. The van der Waals surface area contributed by atoms with Crippen LogP contribution in [0.3, 0.4) is 0 Å². The second-order valence-corrected chi connectivity index (χ2v) is 5.26. The maximum absolute atomic E-state index is 9.66. The number of aliphatic hydroxyl groups excluding tert-OH is 1. The first-order valence-electron chi connectivity index (χ1n) is 6.34. The first kappa shape index (κ1) is 12.3. The van der Waals surface area contributed by atoms with E-state index in [0.29, 0.717) is 12.0 Å². The van der Waals surface area contributed by atoms with Gasteiger partial charge in [-0.1, -0.05) is 0 Å². The van der Waals surface area contributed by atoms with Gasteiger partial charge in [-0.25, -0.2) is 0 Å². The number of aliphatic hydroxyl groups is 1. The van der Waals surface area contributed by atoms with Crippen molar-refractivity contribution in [1.82, 2.24) is 10.2 Å². The van der Waals surface area contributed by atoms with E-state index in [2.05, 4.69) is 17.1 Å². The number of nitrogens with one attached hydrogen (secondary N) is 1. The van der Waals surface area contributed by atoms with Gasteiger partial charge in [0.15, 0.2) is 0 Å². The van der Waals surface area contributed by atoms with E-state index in [1.165, 1.54) is 12.8 Å². The van der Waals surface area contributed by atoms with Gasteiger partial charge in [-0.15, -0.1) is 0 Å². The molecular formula is C12H24N2O2. The topological polar surface area (TPSA) is 44.7 Å². The Morgan fingerprint density at radius 1 is 1.50 bits per heavy atom. The van der Waals surface area contributed by atoms with Gasteiger partial charge >= 0.3 is 0 Å². The van der Waals surface area contributed by atoms with Crippen LogP contribution in [0, 0.1) is 5.92 Å². The van der Waals surface area contributed by atoms with Crippen LogP contribution in [0.2, 0.25) is 0 Å². The van der Waals surface area contributed by atoms with Crippen molar-refractivity contribution in [3.8, 4) is 0 Å². The molecule has 16 heavy (non-hydrogen) atoms. The molecule has 0 aromatic carbocycles. The zero-order chi connectivity index (χ0) is 11.6. The maximum atomic E-state index is 9.66. The number of rotatable bonds is 5. The van der Waals surface area contributed by atoms with Crippen molar-refractivity contribution in [2.45, 2.75) is 31.4 Å². The van der Waals surface area contributed by atoms with Crippen LogP contribution < -0.4 is 5.32 Å². The van der Waals surface area contributed by atoms with Crippen LogP contribution in [0.4, 0.5) is 0 Å². The molecule has 0 spiro atoms. The summed E-state index contributed by atoms with van der Waals surface area (Å²) in [6.45, 7) is 6.08. The van der Waals surface area contributed by atoms with E-state index in [1.54, 1.807) is 0 Å². The minimum Gasteiger partial charge on any atom is -0.394 e. The Bertz CT molecular complexity index is 227. The predicted molar refractivity (Wildman–Crippen MR) is 63.5 cm³/mol. The van der Waals surface area contributed by atoms with Gasteiger partial charge in [-0.2, -0.15) is 0 Å². The Labute approximate surface area is 98.0 Å². The molecule has 1 heterocycles. The average molecular weight is 228 g/mol. The third-order valence-electron chi connectivity index (χ3n) is 3.97. The summed E-state index contributed by atoms with van der Waals surface area (Å²) in [7, 11) is 1.97. The van der Waals surface area contributed by atoms with Crippen molar-refractivity contribution in [1.29, 1.82) is 0 Å². The normalized spacial score (nSPS) is 31.3. The molecule has 1 saturated heterocycles. The van der Waals surface area contributed by atoms with E-state index in [4.69, 9.17) is 4.74 Å². The maximum Gasteiger partial charge on any atom is 0.0674 e. The molecule has 2 unspecified atom stereocenters. The van der Waals surface area contributed by atoms with E-state index in [1.807, 2.05) is 7.05 Å². The van der Waals surface area contributed by atoms with Gasteiger partial charge in [0.1, 0.15) is 0 Å². The first-order chi connectivity index (χ1) is 7.70. The number of hydrogen-bond donors (Lipinski definition) is 2. The minimum atomic E-state index is -0.0862. The summed E-state index contributed by atoms with van der Waals surface area (Å²) in [6, 6.07) is 0. The Balaban J connectivity index is 1.94. The lowest BCUT2D eigenvalue weighted by Gasteiger charge is -2.40. The number of morpholine rings is 1. The highest BCUT2D eigenvalue weighted by Crippen LogP contribution is 2.40. The lowest BCUT2D eigenvalue weighted by atomic mass is 9.93. The van der Waals surface area contributed by atoms with E-state index in [-0.39, 0.29) is 12.1 Å². The summed E-state index contributed by atoms with van der Waals surface area (Å²) < 4.78 is 5.54. The Morgan fingerprint density at radius 3 is 2.75 bits per heavy atom. The van der Waals surface area contributed by atoms with Gasteiger partial charge in [0, 0.05) is 19.6 Å². The third-order valence-corrected chi connectivity index (χ3v) is 3.97. The molecule has 2 rings (SSSR count). The molecule has 2 N–H and O–H groups in total. The monoisotopic (exact) mass is 228 g/mol. The molecule has 0 aromatic rings. The fourth-order valence-corrected chi connectivity index (χ4v) is 2.74. The molecule has 4 nitrogen and oxygen atoms in total. The first-order valence-corrected chi connectivity index (χ1v) is 6.34. The van der Waals surface area contributed by atoms with Gasteiger partial charge in [0.05, 0.1) is 24.9 Å². The molecule has 0 radical (unpaired) electrons. The minimum absolute atomic E-state index is 0.0862. The summed E-state index contributed by atoms with van der Waals surface area (Å²) in [5.74, 6) is 0.653. The van der Waals surface area contributed by atoms with Crippen molar-refractivity contribution in [3.05, 3.63) is 0 Å². The van der Waals surface area contributed by atoms with Gasteiger partial charge in [0.2, 0.25) is 0 Å². The van der Waals surface area contributed by atoms with Crippen LogP contribution in [0.25, 0.3) is 0 Å². The highest BCUT2D eigenvalue weighted by atomic mass is 16.5. The summed E-state index contributed by atoms with van der Waals surface area (Å²) in [5, 5.41) is 13.0. The molecule has 94 valence electrons. The Kier molecular flexibility index (Phi) is 3.85. The zero-order valence-electron chi connectivity index (χ0n) is 10.4. The summed E-state index contributed by atoms with van der Waals surface area (Å²) >= 11 is 0. The summed E-state index contributed by atoms with van der Waals surface area (Å²) in [4.78, 5) is 2.42.